The average Bonchev–Trinajstić information content (AvgIpc) is 2.78. The highest BCUT2D eigenvalue weighted by Gasteiger charge is 2.15. The molecule has 0 spiro atoms. The standard InChI is InChI=1S/C24H16Cl2N2O4/c25-18-8-5-15(6-9-18)14-32-22-10-7-16(12-20(22)26)11-17(13-27)23(29)28-21-4-2-1-3-19(21)24(30)31/h1-12H,14H2,(H,28,29)(H,30,31)/b17-11+. The van der Waals surface area contributed by atoms with Gasteiger partial charge in [-0.25, -0.2) is 4.79 Å². The molecule has 0 saturated heterocycles. The summed E-state index contributed by atoms with van der Waals surface area (Å²) in [5, 5.41) is 22.0. The van der Waals surface area contributed by atoms with Crippen LogP contribution < -0.4 is 10.1 Å². The fourth-order valence-electron chi connectivity index (χ4n) is 2.75. The minimum Gasteiger partial charge on any atom is -0.487 e. The van der Waals surface area contributed by atoms with E-state index in [1.807, 2.05) is 18.2 Å². The summed E-state index contributed by atoms with van der Waals surface area (Å²) in [6.07, 6.45) is 1.35. The first-order valence-electron chi connectivity index (χ1n) is 9.29. The van der Waals surface area contributed by atoms with Crippen molar-refractivity contribution in [2.75, 3.05) is 5.32 Å². The maximum absolute atomic E-state index is 12.5. The van der Waals surface area contributed by atoms with Crippen LogP contribution in [0.1, 0.15) is 21.5 Å². The summed E-state index contributed by atoms with van der Waals surface area (Å²) in [4.78, 5) is 23.8. The second-order valence-electron chi connectivity index (χ2n) is 6.58. The first kappa shape index (κ1) is 22.9. The largest absolute Gasteiger partial charge is 0.487 e. The Labute approximate surface area is 194 Å². The van der Waals surface area contributed by atoms with Crippen molar-refractivity contribution >= 4 is 46.8 Å². The zero-order chi connectivity index (χ0) is 23.1. The summed E-state index contributed by atoms with van der Waals surface area (Å²) in [6.45, 7) is 0.293. The summed E-state index contributed by atoms with van der Waals surface area (Å²) >= 11 is 12.2. The number of hydrogen-bond acceptors (Lipinski definition) is 4. The number of carbonyl (C=O) groups excluding carboxylic acids is 1. The summed E-state index contributed by atoms with van der Waals surface area (Å²) in [6, 6.07) is 19.8. The van der Waals surface area contributed by atoms with E-state index in [9.17, 15) is 20.0 Å². The molecule has 0 aliphatic heterocycles. The molecule has 3 aromatic carbocycles. The Morgan fingerprint density at radius 2 is 1.78 bits per heavy atom. The Bertz CT molecular complexity index is 1230. The number of hydrogen-bond donors (Lipinski definition) is 2. The molecule has 0 heterocycles. The highest BCUT2D eigenvalue weighted by Crippen LogP contribution is 2.27. The number of carbonyl (C=O) groups is 2. The van der Waals surface area contributed by atoms with Crippen molar-refractivity contribution in [3.63, 3.8) is 0 Å². The predicted octanol–water partition coefficient (Wildman–Crippen LogP) is 5.82. The van der Waals surface area contributed by atoms with Crippen LogP contribution in [-0.4, -0.2) is 17.0 Å². The lowest BCUT2D eigenvalue weighted by atomic mass is 10.1. The van der Waals surface area contributed by atoms with Crippen LogP contribution in [0.25, 0.3) is 6.08 Å². The summed E-state index contributed by atoms with van der Waals surface area (Å²) in [5.74, 6) is -1.48. The van der Waals surface area contributed by atoms with E-state index in [1.54, 1.807) is 42.5 Å². The minimum absolute atomic E-state index is 0.0802. The number of halogens is 2. The van der Waals surface area contributed by atoms with Gasteiger partial charge < -0.3 is 15.2 Å². The van der Waals surface area contributed by atoms with Crippen molar-refractivity contribution in [3.8, 4) is 11.8 Å². The molecule has 0 fully saturated rings. The third-order valence-corrected chi connectivity index (χ3v) is 4.89. The molecule has 0 bridgehead atoms. The molecule has 160 valence electrons. The third-order valence-electron chi connectivity index (χ3n) is 4.35. The molecule has 3 aromatic rings. The van der Waals surface area contributed by atoms with Gasteiger partial charge in [0.15, 0.2) is 0 Å². The number of carboxylic acids is 1. The lowest BCUT2D eigenvalue weighted by Crippen LogP contribution is -2.16. The molecule has 0 aliphatic rings. The Kier molecular flexibility index (Phi) is 7.50. The SMILES string of the molecule is N#C/C(=C\c1ccc(OCc2ccc(Cl)cc2)c(Cl)c1)C(=O)Nc1ccccc1C(=O)O. The Hall–Kier alpha value is -3.79. The quantitative estimate of drug-likeness (QED) is 0.337. The Balaban J connectivity index is 1.73. The fraction of sp³-hybridized carbons (Fsp3) is 0.0417. The molecular formula is C24H16Cl2N2O4. The van der Waals surface area contributed by atoms with Crippen molar-refractivity contribution in [2.45, 2.75) is 6.61 Å². The number of para-hydroxylation sites is 1. The molecule has 0 saturated carbocycles. The molecule has 3 rings (SSSR count). The van der Waals surface area contributed by atoms with Gasteiger partial charge in [-0.2, -0.15) is 5.26 Å². The molecule has 6 nitrogen and oxygen atoms in total. The van der Waals surface area contributed by atoms with Gasteiger partial charge in [-0.15, -0.1) is 0 Å². The van der Waals surface area contributed by atoms with Crippen molar-refractivity contribution in [3.05, 3.63) is 99.0 Å². The highest BCUT2D eigenvalue weighted by atomic mass is 35.5. The van der Waals surface area contributed by atoms with E-state index in [2.05, 4.69) is 5.32 Å². The van der Waals surface area contributed by atoms with E-state index >= 15 is 0 Å². The van der Waals surface area contributed by atoms with Gasteiger partial charge in [0.1, 0.15) is 24.0 Å². The van der Waals surface area contributed by atoms with Crippen molar-refractivity contribution < 1.29 is 19.4 Å². The molecule has 0 radical (unpaired) electrons. The number of nitrogens with zero attached hydrogens (tertiary/aromatic N) is 1. The van der Waals surface area contributed by atoms with Crippen LogP contribution in [0, 0.1) is 11.3 Å². The topological polar surface area (TPSA) is 99.4 Å². The number of anilines is 1. The lowest BCUT2D eigenvalue weighted by molar-refractivity contribution is -0.112. The van der Waals surface area contributed by atoms with Gasteiger partial charge in [0.25, 0.3) is 5.91 Å². The first-order valence-corrected chi connectivity index (χ1v) is 10.0. The number of ether oxygens (including phenoxy) is 1. The summed E-state index contributed by atoms with van der Waals surface area (Å²) < 4.78 is 5.72. The van der Waals surface area contributed by atoms with Gasteiger partial charge in [-0.05, 0) is 53.6 Å². The van der Waals surface area contributed by atoms with E-state index in [1.165, 1.54) is 18.2 Å². The van der Waals surface area contributed by atoms with E-state index in [4.69, 9.17) is 27.9 Å². The van der Waals surface area contributed by atoms with Gasteiger partial charge >= 0.3 is 5.97 Å². The molecule has 32 heavy (non-hydrogen) atoms. The van der Waals surface area contributed by atoms with E-state index in [0.29, 0.717) is 28.0 Å². The van der Waals surface area contributed by atoms with Gasteiger partial charge in [0.2, 0.25) is 0 Å². The normalized spacial score (nSPS) is 10.8. The summed E-state index contributed by atoms with van der Waals surface area (Å²) in [7, 11) is 0. The van der Waals surface area contributed by atoms with Crippen molar-refractivity contribution in [1.29, 1.82) is 5.26 Å². The van der Waals surface area contributed by atoms with Crippen LogP contribution >= 0.6 is 23.2 Å². The average molecular weight is 467 g/mol. The van der Waals surface area contributed by atoms with Crippen molar-refractivity contribution in [1.82, 2.24) is 0 Å². The molecule has 0 aromatic heterocycles. The van der Waals surface area contributed by atoms with Gasteiger partial charge in [-0.1, -0.05) is 53.5 Å². The number of rotatable bonds is 7. The molecule has 0 aliphatic carbocycles. The summed E-state index contributed by atoms with van der Waals surface area (Å²) in [5.41, 5.74) is 1.22. The zero-order valence-corrected chi connectivity index (χ0v) is 18.0. The van der Waals surface area contributed by atoms with E-state index in [-0.39, 0.29) is 16.8 Å². The maximum Gasteiger partial charge on any atom is 0.337 e. The number of nitrogens with one attached hydrogen (secondary N) is 1. The smallest absolute Gasteiger partial charge is 0.337 e. The Morgan fingerprint density at radius 3 is 2.44 bits per heavy atom. The van der Waals surface area contributed by atoms with Crippen LogP contribution in [0.3, 0.4) is 0 Å². The number of carboxylic acid groups (broad SMARTS) is 1. The minimum atomic E-state index is -1.19. The van der Waals surface area contributed by atoms with E-state index in [0.717, 1.165) is 5.56 Å². The molecule has 8 heteroatoms. The van der Waals surface area contributed by atoms with Crippen LogP contribution in [0.4, 0.5) is 5.69 Å². The molecule has 0 unspecified atom stereocenters. The molecule has 1 amide bonds. The highest BCUT2D eigenvalue weighted by molar-refractivity contribution is 6.32. The van der Waals surface area contributed by atoms with Gasteiger partial charge in [-0.3, -0.25) is 4.79 Å². The number of nitriles is 1. The number of amides is 1. The second kappa shape index (κ2) is 10.5. The van der Waals surface area contributed by atoms with Crippen LogP contribution in [0.2, 0.25) is 10.0 Å². The molecular weight excluding hydrogens is 451 g/mol. The van der Waals surface area contributed by atoms with Crippen molar-refractivity contribution in [2.24, 2.45) is 0 Å². The monoisotopic (exact) mass is 466 g/mol. The molecule has 0 atom stereocenters. The first-order chi connectivity index (χ1) is 15.4. The van der Waals surface area contributed by atoms with Crippen LogP contribution in [-0.2, 0) is 11.4 Å². The lowest BCUT2D eigenvalue weighted by Gasteiger charge is -2.10. The third kappa shape index (κ3) is 5.88. The van der Waals surface area contributed by atoms with Gasteiger partial charge in [0.05, 0.1) is 16.3 Å². The maximum atomic E-state index is 12.5. The number of benzene rings is 3. The number of aromatic carboxylic acids is 1. The van der Waals surface area contributed by atoms with Gasteiger partial charge in [0, 0.05) is 5.02 Å². The van der Waals surface area contributed by atoms with Crippen LogP contribution in [0.5, 0.6) is 5.75 Å². The zero-order valence-electron chi connectivity index (χ0n) is 16.5. The second-order valence-corrected chi connectivity index (χ2v) is 7.42. The van der Waals surface area contributed by atoms with E-state index < -0.39 is 11.9 Å². The Morgan fingerprint density at radius 1 is 1.06 bits per heavy atom. The fourth-order valence-corrected chi connectivity index (χ4v) is 3.12. The predicted molar refractivity (Wildman–Crippen MR) is 123 cm³/mol. The molecule has 2 N–H and O–H groups in total. The van der Waals surface area contributed by atoms with Crippen LogP contribution in [0.15, 0.2) is 72.3 Å².